The zero-order valence-electron chi connectivity index (χ0n) is 12.7. The zero-order chi connectivity index (χ0) is 16.5. The molecule has 4 rings (SSSR count). The average Bonchev–Trinajstić information content (AvgIpc) is 3.05. The molecule has 3 aromatic rings. The van der Waals surface area contributed by atoms with E-state index in [1.54, 1.807) is 12.4 Å². The minimum Gasteiger partial charge on any atom is -0.485 e. The van der Waals surface area contributed by atoms with Gasteiger partial charge in [-0.1, -0.05) is 41.9 Å². The summed E-state index contributed by atoms with van der Waals surface area (Å²) in [5.41, 5.74) is 2.86. The van der Waals surface area contributed by atoms with Gasteiger partial charge in [0.25, 0.3) is 5.91 Å². The summed E-state index contributed by atoms with van der Waals surface area (Å²) in [4.78, 5) is 16.8. The van der Waals surface area contributed by atoms with Gasteiger partial charge in [0.1, 0.15) is 18.7 Å². The van der Waals surface area contributed by atoms with Gasteiger partial charge in [-0.15, -0.1) is 0 Å². The molecule has 5 nitrogen and oxygen atoms in total. The van der Waals surface area contributed by atoms with Gasteiger partial charge in [0.2, 0.25) is 0 Å². The Bertz CT molecular complexity index is 920. The molecule has 0 atom stereocenters. The molecule has 120 valence electrons. The predicted molar refractivity (Wildman–Crippen MR) is 90.5 cm³/mol. The van der Waals surface area contributed by atoms with Gasteiger partial charge in [0, 0.05) is 11.6 Å². The van der Waals surface area contributed by atoms with Gasteiger partial charge < -0.3 is 10.1 Å². The van der Waals surface area contributed by atoms with Gasteiger partial charge in [0.15, 0.2) is 5.69 Å². The summed E-state index contributed by atoms with van der Waals surface area (Å²) in [5, 5.41) is 3.49. The molecule has 1 amide bonds. The van der Waals surface area contributed by atoms with Crippen LogP contribution in [-0.4, -0.2) is 15.5 Å². The number of nitrogens with zero attached hydrogens (tertiary/aromatic N) is 2. The first-order valence-electron chi connectivity index (χ1n) is 7.54. The zero-order valence-corrected chi connectivity index (χ0v) is 13.5. The molecule has 1 aliphatic rings. The minimum absolute atomic E-state index is 0.244. The van der Waals surface area contributed by atoms with E-state index in [1.165, 1.54) is 0 Å². The second kappa shape index (κ2) is 6.02. The molecule has 0 fully saturated rings. The molecule has 6 heteroatoms. The van der Waals surface area contributed by atoms with Crippen molar-refractivity contribution in [1.82, 2.24) is 14.9 Å². The summed E-state index contributed by atoms with van der Waals surface area (Å²) in [5.74, 6) is 0.539. The van der Waals surface area contributed by atoms with E-state index in [4.69, 9.17) is 16.3 Å². The number of ether oxygens (including phenoxy) is 1. The van der Waals surface area contributed by atoms with Crippen molar-refractivity contribution in [3.63, 3.8) is 0 Å². The van der Waals surface area contributed by atoms with E-state index in [1.807, 2.05) is 47.0 Å². The Morgan fingerprint density at radius 2 is 2.00 bits per heavy atom. The Labute approximate surface area is 143 Å². The maximum absolute atomic E-state index is 12.5. The third-order valence-corrected chi connectivity index (χ3v) is 4.34. The molecule has 0 bridgehead atoms. The number of halogens is 1. The van der Waals surface area contributed by atoms with Crippen LogP contribution in [0.25, 0.3) is 5.69 Å². The molecular weight excluding hydrogens is 326 g/mol. The minimum atomic E-state index is -0.244. The lowest BCUT2D eigenvalue weighted by Gasteiger charge is -2.20. The predicted octanol–water partition coefficient (Wildman–Crippen LogP) is 3.35. The number of hydrogen-bond acceptors (Lipinski definition) is 3. The van der Waals surface area contributed by atoms with E-state index in [9.17, 15) is 4.79 Å². The fourth-order valence-corrected chi connectivity index (χ4v) is 2.94. The Kier molecular flexibility index (Phi) is 3.70. The van der Waals surface area contributed by atoms with Gasteiger partial charge in [-0.2, -0.15) is 0 Å². The lowest BCUT2D eigenvalue weighted by Crippen LogP contribution is -2.25. The van der Waals surface area contributed by atoms with Gasteiger partial charge in [0.05, 0.1) is 11.4 Å². The fourth-order valence-electron chi connectivity index (χ4n) is 2.73. The van der Waals surface area contributed by atoms with E-state index in [0.717, 1.165) is 22.7 Å². The fraction of sp³-hybridized carbons (Fsp3) is 0.111. The molecule has 0 saturated carbocycles. The number of imidazole rings is 1. The van der Waals surface area contributed by atoms with E-state index in [2.05, 4.69) is 10.3 Å². The van der Waals surface area contributed by atoms with E-state index in [-0.39, 0.29) is 5.91 Å². The summed E-state index contributed by atoms with van der Waals surface area (Å²) in [6.07, 6.45) is 1.65. The molecule has 0 saturated heterocycles. The summed E-state index contributed by atoms with van der Waals surface area (Å²) in [6, 6.07) is 15.1. The van der Waals surface area contributed by atoms with Crippen LogP contribution in [0.2, 0.25) is 5.02 Å². The van der Waals surface area contributed by atoms with Crippen LogP contribution in [0.5, 0.6) is 5.75 Å². The highest BCUT2D eigenvalue weighted by Crippen LogP contribution is 2.30. The molecule has 1 aromatic heterocycles. The highest BCUT2D eigenvalue weighted by molar-refractivity contribution is 6.31. The number of carbonyl (C=O) groups is 1. The maximum Gasteiger partial charge on any atom is 0.272 e. The molecule has 24 heavy (non-hydrogen) atoms. The van der Waals surface area contributed by atoms with Gasteiger partial charge in [-0.3, -0.25) is 9.36 Å². The van der Waals surface area contributed by atoms with Gasteiger partial charge in [-0.05, 0) is 23.8 Å². The van der Waals surface area contributed by atoms with Crippen LogP contribution in [0, 0.1) is 0 Å². The van der Waals surface area contributed by atoms with Crippen molar-refractivity contribution >= 4 is 17.5 Å². The first-order valence-corrected chi connectivity index (χ1v) is 7.92. The summed E-state index contributed by atoms with van der Waals surface area (Å²) in [6.45, 7) is 0.661. The SMILES string of the molecule is O=C(NCc1ccccc1Cl)c1ncn2c1COc1ccccc1-2. The van der Waals surface area contributed by atoms with Gasteiger partial charge in [-0.25, -0.2) is 4.98 Å². The van der Waals surface area contributed by atoms with Crippen LogP contribution < -0.4 is 10.1 Å². The Morgan fingerprint density at radius 3 is 2.88 bits per heavy atom. The first kappa shape index (κ1) is 14.8. The Morgan fingerprint density at radius 1 is 1.21 bits per heavy atom. The number of nitrogens with one attached hydrogen (secondary N) is 1. The molecule has 0 aliphatic carbocycles. The van der Waals surface area contributed by atoms with Gasteiger partial charge >= 0.3 is 0 Å². The molecule has 1 aliphatic heterocycles. The van der Waals surface area contributed by atoms with E-state index in [0.29, 0.717) is 23.9 Å². The Balaban J connectivity index is 1.57. The number of aromatic nitrogens is 2. The van der Waals surface area contributed by atoms with Crippen molar-refractivity contribution in [1.29, 1.82) is 0 Å². The second-order valence-electron chi connectivity index (χ2n) is 5.44. The van der Waals surface area contributed by atoms with E-state index < -0.39 is 0 Å². The largest absolute Gasteiger partial charge is 0.485 e. The smallest absolute Gasteiger partial charge is 0.272 e. The van der Waals surface area contributed by atoms with E-state index >= 15 is 0 Å². The van der Waals surface area contributed by atoms with Crippen LogP contribution in [0.4, 0.5) is 0 Å². The van der Waals surface area contributed by atoms with Crippen LogP contribution >= 0.6 is 11.6 Å². The molecule has 1 N–H and O–H groups in total. The lowest BCUT2D eigenvalue weighted by molar-refractivity contribution is 0.0943. The molecule has 2 aromatic carbocycles. The van der Waals surface area contributed by atoms with Crippen molar-refractivity contribution < 1.29 is 9.53 Å². The van der Waals surface area contributed by atoms with Crippen LogP contribution in [0.15, 0.2) is 54.9 Å². The number of hydrogen-bond donors (Lipinski definition) is 1. The summed E-state index contributed by atoms with van der Waals surface area (Å²) < 4.78 is 7.61. The van der Waals surface area contributed by atoms with Crippen molar-refractivity contribution in [2.24, 2.45) is 0 Å². The highest BCUT2D eigenvalue weighted by Gasteiger charge is 2.24. The molecule has 0 radical (unpaired) electrons. The topological polar surface area (TPSA) is 56.2 Å². The van der Waals surface area contributed by atoms with Crippen LogP contribution in [0.1, 0.15) is 21.7 Å². The third kappa shape index (κ3) is 2.53. The Hall–Kier alpha value is -2.79. The number of fused-ring (bicyclic) bond motifs is 3. The quantitative estimate of drug-likeness (QED) is 0.796. The summed E-state index contributed by atoms with van der Waals surface area (Å²) in [7, 11) is 0. The summed E-state index contributed by atoms with van der Waals surface area (Å²) >= 11 is 6.11. The molecule has 0 unspecified atom stereocenters. The maximum atomic E-state index is 12.5. The third-order valence-electron chi connectivity index (χ3n) is 3.97. The van der Waals surface area contributed by atoms with Crippen molar-refractivity contribution in [3.05, 3.63) is 76.8 Å². The number of para-hydroxylation sites is 2. The normalized spacial score (nSPS) is 12.0. The first-order chi connectivity index (χ1) is 11.7. The van der Waals surface area contributed by atoms with Crippen LogP contribution in [-0.2, 0) is 13.2 Å². The number of benzene rings is 2. The van der Waals surface area contributed by atoms with Crippen LogP contribution in [0.3, 0.4) is 0 Å². The average molecular weight is 340 g/mol. The molecular formula is C18H14ClN3O2. The molecule has 2 heterocycles. The van der Waals surface area contributed by atoms with Crippen molar-refractivity contribution in [3.8, 4) is 11.4 Å². The molecule has 0 spiro atoms. The van der Waals surface area contributed by atoms with Crippen molar-refractivity contribution in [2.75, 3.05) is 0 Å². The lowest BCUT2D eigenvalue weighted by atomic mass is 10.2. The second-order valence-corrected chi connectivity index (χ2v) is 5.85. The highest BCUT2D eigenvalue weighted by atomic mass is 35.5. The number of carbonyl (C=O) groups excluding carboxylic acids is 1. The van der Waals surface area contributed by atoms with Crippen molar-refractivity contribution in [2.45, 2.75) is 13.2 Å². The monoisotopic (exact) mass is 339 g/mol. The number of rotatable bonds is 3. The number of amides is 1. The standard InChI is InChI=1S/C18H14ClN3O2/c19-13-6-2-1-5-12(13)9-20-18(23)17-15-10-24-16-8-4-3-7-14(16)22(15)11-21-17/h1-8,11H,9-10H2,(H,20,23).